The van der Waals surface area contributed by atoms with Crippen molar-refractivity contribution in [3.05, 3.63) is 52.1 Å². The van der Waals surface area contributed by atoms with E-state index in [0.717, 1.165) is 18.2 Å². The van der Waals surface area contributed by atoms with Gasteiger partial charge in [0.25, 0.3) is 0 Å². The normalized spacial score (nSPS) is 17.9. The molecule has 2 aliphatic rings. The quantitative estimate of drug-likeness (QED) is 0.674. The van der Waals surface area contributed by atoms with Crippen molar-refractivity contribution < 1.29 is 32.2 Å². The van der Waals surface area contributed by atoms with Crippen LogP contribution in [0.4, 0.5) is 28.9 Å². The fourth-order valence-electron chi connectivity index (χ4n) is 3.93. The van der Waals surface area contributed by atoms with Gasteiger partial charge in [0.05, 0.1) is 5.69 Å². The van der Waals surface area contributed by atoms with Gasteiger partial charge in [0, 0.05) is 36.2 Å². The Kier molecular flexibility index (Phi) is 5.74. The number of aliphatic hydroxyl groups is 1. The van der Waals surface area contributed by atoms with Gasteiger partial charge in [-0.3, -0.25) is 4.79 Å². The second kappa shape index (κ2) is 8.20. The van der Waals surface area contributed by atoms with E-state index in [1.54, 1.807) is 0 Å². The van der Waals surface area contributed by atoms with Crippen LogP contribution in [0.1, 0.15) is 24.8 Å². The molecule has 0 atom stereocenters. The summed E-state index contributed by atoms with van der Waals surface area (Å²) in [6.07, 6.45) is 0.551. The minimum Gasteiger partial charge on any atom is -0.490 e. The van der Waals surface area contributed by atoms with Crippen LogP contribution in [0.2, 0.25) is 5.02 Å². The van der Waals surface area contributed by atoms with E-state index in [1.165, 1.54) is 4.90 Å². The maximum absolute atomic E-state index is 14.2. The first-order chi connectivity index (χ1) is 14.7. The summed E-state index contributed by atoms with van der Waals surface area (Å²) in [5, 5.41) is 13.1. The zero-order valence-corrected chi connectivity index (χ0v) is 17.0. The number of benzene rings is 2. The number of anilines is 2. The zero-order chi connectivity index (χ0) is 22.3. The van der Waals surface area contributed by atoms with E-state index in [2.05, 4.69) is 5.32 Å². The maximum Gasteiger partial charge on any atom is 0.224 e. The zero-order valence-electron chi connectivity index (χ0n) is 16.3. The van der Waals surface area contributed by atoms with Gasteiger partial charge >= 0.3 is 0 Å². The molecule has 2 aliphatic heterocycles. The third kappa shape index (κ3) is 4.29. The lowest BCUT2D eigenvalue weighted by Crippen LogP contribution is -2.48. The average molecular weight is 459 g/mol. The Morgan fingerprint density at radius 2 is 1.71 bits per heavy atom. The largest absolute Gasteiger partial charge is 0.490 e. The molecule has 31 heavy (non-hydrogen) atoms. The second-order valence-electron chi connectivity index (χ2n) is 7.79. The molecule has 2 aromatic rings. The fourth-order valence-corrected chi connectivity index (χ4v) is 4.12. The van der Waals surface area contributed by atoms with Crippen LogP contribution >= 0.6 is 11.6 Å². The van der Waals surface area contributed by atoms with Crippen LogP contribution in [0.3, 0.4) is 0 Å². The van der Waals surface area contributed by atoms with E-state index in [4.69, 9.17) is 16.3 Å². The number of amides is 1. The summed E-state index contributed by atoms with van der Waals surface area (Å²) in [5.41, 5.74) is -1.46. The van der Waals surface area contributed by atoms with Crippen molar-refractivity contribution >= 4 is 28.9 Å². The molecule has 0 saturated carbocycles. The lowest BCUT2D eigenvalue weighted by atomic mass is 9.92. The van der Waals surface area contributed by atoms with Crippen LogP contribution in [-0.4, -0.2) is 36.3 Å². The third-order valence-corrected chi connectivity index (χ3v) is 5.86. The van der Waals surface area contributed by atoms with Gasteiger partial charge in [-0.2, -0.15) is 0 Å². The van der Waals surface area contributed by atoms with Crippen LogP contribution in [0.15, 0.2) is 18.2 Å². The summed E-state index contributed by atoms with van der Waals surface area (Å²) in [4.78, 5) is 13.0. The molecule has 0 aromatic heterocycles. The Hall–Kier alpha value is -2.52. The summed E-state index contributed by atoms with van der Waals surface area (Å²) in [7, 11) is 0. The first kappa shape index (κ1) is 21.7. The molecule has 10 heteroatoms. The first-order valence-corrected chi connectivity index (χ1v) is 10.1. The number of rotatable bonds is 4. The molecule has 2 aromatic carbocycles. The SMILES string of the molecule is O=C1CCc2c(OCC3(O)CCN(c4c(F)cc(Cl)cc4F)CC3)cc(F)c(F)c2N1. The number of carbonyl (C=O) groups is 1. The number of nitrogens with zero attached hydrogens (tertiary/aromatic N) is 1. The number of hydrogen-bond donors (Lipinski definition) is 2. The highest BCUT2D eigenvalue weighted by molar-refractivity contribution is 6.30. The molecule has 1 fully saturated rings. The summed E-state index contributed by atoms with van der Waals surface area (Å²) in [5.74, 6) is -4.29. The minimum absolute atomic E-state index is 0.0412. The molecule has 0 bridgehead atoms. The standard InChI is InChI=1S/C21H19ClF4N2O3/c22-11-7-14(24)20(15(25)8-11)28-5-3-21(30,4-6-28)10-31-16-9-13(23)18(26)19-12(16)1-2-17(29)27-19/h7-9,30H,1-6,10H2,(H,27,29). The number of hydrogen-bond acceptors (Lipinski definition) is 4. The number of halogens is 5. The summed E-state index contributed by atoms with van der Waals surface area (Å²) in [6, 6.07) is 2.94. The van der Waals surface area contributed by atoms with E-state index < -0.39 is 34.8 Å². The lowest BCUT2D eigenvalue weighted by Gasteiger charge is -2.39. The van der Waals surface area contributed by atoms with Crippen molar-refractivity contribution in [2.24, 2.45) is 0 Å². The van der Waals surface area contributed by atoms with E-state index in [9.17, 15) is 27.5 Å². The average Bonchev–Trinajstić information content (AvgIpc) is 2.70. The van der Waals surface area contributed by atoms with Crippen LogP contribution in [0, 0.1) is 23.3 Å². The maximum atomic E-state index is 14.2. The van der Waals surface area contributed by atoms with Crippen LogP contribution < -0.4 is 15.0 Å². The molecule has 0 spiro atoms. The lowest BCUT2D eigenvalue weighted by molar-refractivity contribution is -0.116. The first-order valence-electron chi connectivity index (χ1n) is 9.72. The molecule has 0 aliphatic carbocycles. The van der Waals surface area contributed by atoms with E-state index in [1.807, 2.05) is 0 Å². The van der Waals surface area contributed by atoms with Crippen LogP contribution in [0.25, 0.3) is 0 Å². The molecule has 0 unspecified atom stereocenters. The molecule has 1 amide bonds. The van der Waals surface area contributed by atoms with E-state index in [0.29, 0.717) is 5.56 Å². The molecule has 166 valence electrons. The Morgan fingerprint density at radius 1 is 1.06 bits per heavy atom. The Balaban J connectivity index is 1.46. The third-order valence-electron chi connectivity index (χ3n) is 5.64. The van der Waals surface area contributed by atoms with Gasteiger partial charge in [0.15, 0.2) is 23.3 Å². The summed E-state index contributed by atoms with van der Waals surface area (Å²) >= 11 is 5.66. The van der Waals surface area contributed by atoms with E-state index >= 15 is 0 Å². The molecule has 1 saturated heterocycles. The van der Waals surface area contributed by atoms with Gasteiger partial charge in [-0.25, -0.2) is 17.6 Å². The number of ether oxygens (including phenoxy) is 1. The van der Waals surface area contributed by atoms with Crippen molar-refractivity contribution in [2.75, 3.05) is 29.9 Å². The molecule has 2 heterocycles. The topological polar surface area (TPSA) is 61.8 Å². The van der Waals surface area contributed by atoms with Gasteiger partial charge in [-0.15, -0.1) is 0 Å². The highest BCUT2D eigenvalue weighted by atomic mass is 35.5. The molecule has 0 radical (unpaired) electrons. The monoisotopic (exact) mass is 458 g/mol. The number of carbonyl (C=O) groups excluding carboxylic acids is 1. The predicted molar refractivity (Wildman–Crippen MR) is 107 cm³/mol. The van der Waals surface area contributed by atoms with Crippen LogP contribution in [0.5, 0.6) is 5.75 Å². The molecule has 5 nitrogen and oxygen atoms in total. The Labute approximate surface area is 180 Å². The van der Waals surface area contributed by atoms with Crippen molar-refractivity contribution in [1.29, 1.82) is 0 Å². The van der Waals surface area contributed by atoms with Crippen molar-refractivity contribution in [2.45, 2.75) is 31.3 Å². The number of nitrogens with one attached hydrogen (secondary N) is 1. The summed E-state index contributed by atoms with van der Waals surface area (Å²) < 4.78 is 61.9. The van der Waals surface area contributed by atoms with Crippen LogP contribution in [-0.2, 0) is 11.2 Å². The Bertz CT molecular complexity index is 1020. The van der Waals surface area contributed by atoms with Crippen molar-refractivity contribution in [3.8, 4) is 5.75 Å². The molecular weight excluding hydrogens is 440 g/mol. The molecule has 2 N–H and O–H groups in total. The van der Waals surface area contributed by atoms with Gasteiger partial charge in [0.1, 0.15) is 23.6 Å². The molecule has 4 rings (SSSR count). The van der Waals surface area contributed by atoms with Gasteiger partial charge in [-0.05, 0) is 31.4 Å². The van der Waals surface area contributed by atoms with Crippen molar-refractivity contribution in [3.63, 3.8) is 0 Å². The van der Waals surface area contributed by atoms with Crippen molar-refractivity contribution in [1.82, 2.24) is 0 Å². The fraction of sp³-hybridized carbons (Fsp3) is 0.381. The smallest absolute Gasteiger partial charge is 0.224 e. The second-order valence-corrected chi connectivity index (χ2v) is 8.23. The van der Waals surface area contributed by atoms with Gasteiger partial charge in [-0.1, -0.05) is 11.6 Å². The molecular formula is C21H19ClF4N2O3. The highest BCUT2D eigenvalue weighted by Crippen LogP contribution is 2.37. The Morgan fingerprint density at radius 3 is 2.35 bits per heavy atom. The number of fused-ring (bicyclic) bond motifs is 1. The van der Waals surface area contributed by atoms with Gasteiger partial charge < -0.3 is 20.1 Å². The van der Waals surface area contributed by atoms with Gasteiger partial charge in [0.2, 0.25) is 5.91 Å². The highest BCUT2D eigenvalue weighted by Gasteiger charge is 2.35. The summed E-state index contributed by atoms with van der Waals surface area (Å²) in [6.45, 7) is 0.0838. The van der Waals surface area contributed by atoms with E-state index in [-0.39, 0.29) is 67.5 Å². The number of piperidine rings is 1. The predicted octanol–water partition coefficient (Wildman–Crippen LogP) is 4.19. The minimum atomic E-state index is -1.33.